The lowest BCUT2D eigenvalue weighted by atomic mass is 9.94. The van der Waals surface area contributed by atoms with Crippen LogP contribution in [0.4, 0.5) is 0 Å². The van der Waals surface area contributed by atoms with E-state index in [1.807, 2.05) is 17.8 Å². The summed E-state index contributed by atoms with van der Waals surface area (Å²) in [5.74, 6) is 0. The van der Waals surface area contributed by atoms with Gasteiger partial charge in [0.25, 0.3) is 0 Å². The van der Waals surface area contributed by atoms with Gasteiger partial charge in [0.1, 0.15) is 5.60 Å². The molecule has 1 N–H and O–H groups in total. The van der Waals surface area contributed by atoms with Crippen molar-refractivity contribution in [3.63, 3.8) is 0 Å². The monoisotopic (exact) mass is 212 g/mol. The highest BCUT2D eigenvalue weighted by Gasteiger charge is 2.31. The highest BCUT2D eigenvalue weighted by Crippen LogP contribution is 2.25. The van der Waals surface area contributed by atoms with Gasteiger partial charge in [0.2, 0.25) is 0 Å². The summed E-state index contributed by atoms with van der Waals surface area (Å²) in [6, 6.07) is 0. The van der Waals surface area contributed by atoms with Crippen molar-refractivity contribution in [2.24, 2.45) is 0 Å². The van der Waals surface area contributed by atoms with E-state index in [0.29, 0.717) is 0 Å². The minimum Gasteiger partial charge on any atom is -0.383 e. The molecule has 0 aliphatic heterocycles. The third-order valence-corrected chi connectivity index (χ3v) is 2.82. The van der Waals surface area contributed by atoms with E-state index < -0.39 is 5.60 Å². The van der Waals surface area contributed by atoms with Crippen LogP contribution in [0, 0.1) is 0 Å². The topological polar surface area (TPSA) is 47.3 Å². The van der Waals surface area contributed by atoms with Crippen LogP contribution >= 0.6 is 0 Å². The first kappa shape index (κ1) is 12.2. The number of rotatable bonds is 5. The normalized spacial score (nSPS) is 17.4. The van der Waals surface area contributed by atoms with E-state index in [-0.39, 0.29) is 6.10 Å². The van der Waals surface area contributed by atoms with Gasteiger partial charge < -0.3 is 9.84 Å². The summed E-state index contributed by atoms with van der Waals surface area (Å²) in [6.07, 6.45) is 4.35. The Kier molecular flexibility index (Phi) is 3.88. The lowest BCUT2D eigenvalue weighted by molar-refractivity contribution is -0.0772. The SMILES string of the molecule is CCCn1cc(C(C)(O)C(C)OC)cn1. The number of aliphatic hydroxyl groups is 1. The lowest BCUT2D eigenvalue weighted by Gasteiger charge is -2.27. The number of aromatic nitrogens is 2. The van der Waals surface area contributed by atoms with Gasteiger partial charge in [-0.25, -0.2) is 0 Å². The summed E-state index contributed by atoms with van der Waals surface area (Å²) in [4.78, 5) is 0. The van der Waals surface area contributed by atoms with E-state index in [1.165, 1.54) is 0 Å². The fourth-order valence-electron chi connectivity index (χ4n) is 1.44. The lowest BCUT2D eigenvalue weighted by Crippen LogP contribution is -2.35. The van der Waals surface area contributed by atoms with Crippen molar-refractivity contribution in [1.29, 1.82) is 0 Å². The van der Waals surface area contributed by atoms with Crippen molar-refractivity contribution in [1.82, 2.24) is 9.78 Å². The molecule has 0 amide bonds. The number of ether oxygens (including phenoxy) is 1. The number of nitrogens with zero attached hydrogens (tertiary/aromatic N) is 2. The first-order chi connectivity index (χ1) is 7.02. The smallest absolute Gasteiger partial charge is 0.116 e. The molecule has 86 valence electrons. The number of hydrogen-bond donors (Lipinski definition) is 1. The second-order valence-corrected chi connectivity index (χ2v) is 4.02. The highest BCUT2D eigenvalue weighted by atomic mass is 16.5. The van der Waals surface area contributed by atoms with Gasteiger partial charge in [0.05, 0.1) is 12.3 Å². The van der Waals surface area contributed by atoms with E-state index in [2.05, 4.69) is 12.0 Å². The fraction of sp³-hybridized carbons (Fsp3) is 0.727. The summed E-state index contributed by atoms with van der Waals surface area (Å²) < 4.78 is 6.99. The quantitative estimate of drug-likeness (QED) is 0.805. The van der Waals surface area contributed by atoms with Gasteiger partial charge in [-0.15, -0.1) is 0 Å². The molecule has 1 aromatic heterocycles. The molecule has 15 heavy (non-hydrogen) atoms. The highest BCUT2D eigenvalue weighted by molar-refractivity contribution is 5.15. The van der Waals surface area contributed by atoms with Crippen LogP contribution in [0.1, 0.15) is 32.8 Å². The van der Waals surface area contributed by atoms with Crippen molar-refractivity contribution in [2.45, 2.75) is 45.4 Å². The summed E-state index contributed by atoms with van der Waals surface area (Å²) in [5, 5.41) is 14.4. The molecule has 4 nitrogen and oxygen atoms in total. The summed E-state index contributed by atoms with van der Waals surface area (Å²) in [5.41, 5.74) is -0.189. The summed E-state index contributed by atoms with van der Waals surface area (Å²) >= 11 is 0. The van der Waals surface area contributed by atoms with Gasteiger partial charge in [-0.2, -0.15) is 5.10 Å². The summed E-state index contributed by atoms with van der Waals surface area (Å²) in [6.45, 7) is 6.56. The van der Waals surface area contributed by atoms with Crippen LogP contribution in [-0.2, 0) is 16.9 Å². The predicted octanol–water partition coefficient (Wildman–Crippen LogP) is 1.54. The maximum atomic E-state index is 10.3. The molecular weight excluding hydrogens is 192 g/mol. The Balaban J connectivity index is 2.84. The molecule has 2 unspecified atom stereocenters. The van der Waals surface area contributed by atoms with Crippen molar-refractivity contribution < 1.29 is 9.84 Å². The second-order valence-electron chi connectivity index (χ2n) is 4.02. The van der Waals surface area contributed by atoms with Crippen LogP contribution in [0.25, 0.3) is 0 Å². The van der Waals surface area contributed by atoms with Gasteiger partial charge >= 0.3 is 0 Å². The van der Waals surface area contributed by atoms with Crippen LogP contribution in [0.3, 0.4) is 0 Å². The van der Waals surface area contributed by atoms with Gasteiger partial charge in [-0.3, -0.25) is 4.68 Å². The van der Waals surface area contributed by atoms with Crippen molar-refractivity contribution in [3.8, 4) is 0 Å². The molecule has 1 rings (SSSR count). The Morgan fingerprint density at radius 2 is 2.33 bits per heavy atom. The molecule has 4 heteroatoms. The third kappa shape index (κ3) is 2.58. The average molecular weight is 212 g/mol. The van der Waals surface area contributed by atoms with Crippen LogP contribution in [-0.4, -0.2) is 28.1 Å². The maximum Gasteiger partial charge on any atom is 0.116 e. The van der Waals surface area contributed by atoms with Gasteiger partial charge in [0.15, 0.2) is 0 Å². The Bertz CT molecular complexity index is 307. The van der Waals surface area contributed by atoms with E-state index in [4.69, 9.17) is 4.74 Å². The molecule has 0 bridgehead atoms. The van der Waals surface area contributed by atoms with Gasteiger partial charge in [0, 0.05) is 25.4 Å². The van der Waals surface area contributed by atoms with Crippen molar-refractivity contribution in [2.75, 3.05) is 7.11 Å². The summed E-state index contributed by atoms with van der Waals surface area (Å²) in [7, 11) is 1.59. The minimum atomic E-state index is -0.985. The molecule has 1 heterocycles. The Hall–Kier alpha value is -0.870. The van der Waals surface area contributed by atoms with E-state index in [9.17, 15) is 5.11 Å². The zero-order valence-electron chi connectivity index (χ0n) is 9.90. The molecule has 0 radical (unpaired) electrons. The zero-order valence-corrected chi connectivity index (χ0v) is 9.90. The molecule has 0 saturated heterocycles. The van der Waals surface area contributed by atoms with E-state index >= 15 is 0 Å². The first-order valence-electron chi connectivity index (χ1n) is 5.30. The molecule has 0 aliphatic carbocycles. The Labute approximate surface area is 90.9 Å². The van der Waals surface area contributed by atoms with Crippen LogP contribution < -0.4 is 0 Å². The third-order valence-electron chi connectivity index (χ3n) is 2.82. The largest absolute Gasteiger partial charge is 0.383 e. The molecule has 0 spiro atoms. The zero-order chi connectivity index (χ0) is 11.5. The Morgan fingerprint density at radius 1 is 1.67 bits per heavy atom. The van der Waals surface area contributed by atoms with Crippen LogP contribution in [0.15, 0.2) is 12.4 Å². The van der Waals surface area contributed by atoms with Gasteiger partial charge in [-0.1, -0.05) is 6.92 Å². The molecule has 0 aliphatic rings. The average Bonchev–Trinajstić information content (AvgIpc) is 2.66. The number of methoxy groups -OCH3 is 1. The molecular formula is C11H20N2O2. The van der Waals surface area contributed by atoms with E-state index in [0.717, 1.165) is 18.5 Å². The molecule has 0 fully saturated rings. The number of aryl methyl sites for hydroxylation is 1. The molecule has 1 aromatic rings. The van der Waals surface area contributed by atoms with Gasteiger partial charge in [-0.05, 0) is 20.3 Å². The van der Waals surface area contributed by atoms with Crippen molar-refractivity contribution >= 4 is 0 Å². The molecule has 2 atom stereocenters. The standard InChI is InChI=1S/C11H20N2O2/c1-5-6-13-8-10(7-12-13)11(3,14)9(2)15-4/h7-9,14H,5-6H2,1-4H3. The van der Waals surface area contributed by atoms with Crippen molar-refractivity contribution in [3.05, 3.63) is 18.0 Å². The van der Waals surface area contributed by atoms with Crippen LogP contribution in [0.5, 0.6) is 0 Å². The van der Waals surface area contributed by atoms with Crippen LogP contribution in [0.2, 0.25) is 0 Å². The minimum absolute atomic E-state index is 0.253. The second kappa shape index (κ2) is 4.77. The Morgan fingerprint density at radius 3 is 2.87 bits per heavy atom. The molecule has 0 saturated carbocycles. The fourth-order valence-corrected chi connectivity index (χ4v) is 1.44. The number of hydrogen-bond acceptors (Lipinski definition) is 3. The predicted molar refractivity (Wildman–Crippen MR) is 58.6 cm³/mol. The first-order valence-corrected chi connectivity index (χ1v) is 5.30. The maximum absolute atomic E-state index is 10.3. The molecule has 0 aromatic carbocycles. The van der Waals surface area contributed by atoms with E-state index in [1.54, 1.807) is 20.2 Å².